The molecule has 3 aliphatic rings. The highest BCUT2D eigenvalue weighted by molar-refractivity contribution is 5.74. The number of hydrogen-bond acceptors (Lipinski definition) is 4. The summed E-state index contributed by atoms with van der Waals surface area (Å²) < 4.78 is 0. The summed E-state index contributed by atoms with van der Waals surface area (Å²) in [6.45, 7) is 7.62. The van der Waals surface area contributed by atoms with E-state index in [2.05, 4.69) is 10.2 Å². The third-order valence-corrected chi connectivity index (χ3v) is 6.60. The van der Waals surface area contributed by atoms with Crippen molar-refractivity contribution in [3.63, 3.8) is 0 Å². The third kappa shape index (κ3) is 5.82. The van der Waals surface area contributed by atoms with E-state index in [0.717, 1.165) is 51.5 Å². The Morgan fingerprint density at radius 3 is 2.33 bits per heavy atom. The Morgan fingerprint density at radius 2 is 1.74 bits per heavy atom. The van der Waals surface area contributed by atoms with Crippen LogP contribution in [0.4, 0.5) is 4.79 Å². The van der Waals surface area contributed by atoms with Gasteiger partial charge in [-0.05, 0) is 38.1 Å². The van der Waals surface area contributed by atoms with Crippen molar-refractivity contribution in [1.82, 2.24) is 20.0 Å². The van der Waals surface area contributed by atoms with Crippen LogP contribution in [0.15, 0.2) is 0 Å². The van der Waals surface area contributed by atoms with Crippen LogP contribution in [0.1, 0.15) is 51.9 Å². The normalized spacial score (nSPS) is 27.4. The zero-order valence-electron chi connectivity index (χ0n) is 16.7. The van der Waals surface area contributed by atoms with Crippen LogP contribution in [0.3, 0.4) is 0 Å². The second kappa shape index (κ2) is 9.73. The molecule has 27 heavy (non-hydrogen) atoms. The Balaban J connectivity index is 1.32. The molecule has 2 amide bonds. The van der Waals surface area contributed by atoms with Gasteiger partial charge in [-0.15, -0.1) is 0 Å². The maximum absolute atomic E-state index is 12.5. The molecule has 2 aliphatic carbocycles. The van der Waals surface area contributed by atoms with Gasteiger partial charge < -0.3 is 15.3 Å². The molecule has 2 N–H and O–H groups in total. The Labute approximate surface area is 163 Å². The standard InChI is InChI=1S/C20H36N4O3/c1-2-23(15-19(25)26)18-12-17(13-18)21-20(27)24-10-8-22(9-11-24)14-16-6-4-3-5-7-16/h16-18H,2-15H2,1H3,(H,21,27)(H,25,26). The van der Waals surface area contributed by atoms with E-state index in [1.165, 1.54) is 38.6 Å². The molecule has 0 bridgehead atoms. The molecule has 0 aromatic rings. The molecule has 0 aromatic heterocycles. The molecule has 1 heterocycles. The first-order valence-electron chi connectivity index (χ1n) is 10.8. The smallest absolute Gasteiger partial charge is 0.317 e. The largest absolute Gasteiger partial charge is 0.480 e. The zero-order valence-corrected chi connectivity index (χ0v) is 16.7. The zero-order chi connectivity index (χ0) is 19.2. The molecule has 7 heteroatoms. The summed E-state index contributed by atoms with van der Waals surface area (Å²) in [5, 5.41) is 12.1. The summed E-state index contributed by atoms with van der Waals surface area (Å²) >= 11 is 0. The molecular weight excluding hydrogens is 344 g/mol. The molecule has 0 aromatic carbocycles. The topological polar surface area (TPSA) is 76.1 Å². The lowest BCUT2D eigenvalue weighted by Gasteiger charge is -2.43. The van der Waals surface area contributed by atoms with Crippen LogP contribution in [0.5, 0.6) is 0 Å². The van der Waals surface area contributed by atoms with Crippen molar-refractivity contribution in [3.05, 3.63) is 0 Å². The molecule has 0 atom stereocenters. The number of carbonyl (C=O) groups excluding carboxylic acids is 1. The van der Waals surface area contributed by atoms with Crippen molar-refractivity contribution in [2.75, 3.05) is 45.8 Å². The van der Waals surface area contributed by atoms with Crippen LogP contribution in [-0.4, -0.2) is 89.7 Å². The van der Waals surface area contributed by atoms with Crippen LogP contribution in [0.25, 0.3) is 0 Å². The fourth-order valence-corrected chi connectivity index (χ4v) is 4.81. The van der Waals surface area contributed by atoms with Crippen molar-refractivity contribution >= 4 is 12.0 Å². The minimum atomic E-state index is -0.782. The van der Waals surface area contributed by atoms with E-state index in [1.807, 2.05) is 16.7 Å². The van der Waals surface area contributed by atoms with Gasteiger partial charge >= 0.3 is 12.0 Å². The SMILES string of the molecule is CCN(CC(=O)O)C1CC(NC(=O)N2CCN(CC3CCCCC3)CC2)C1. The minimum absolute atomic E-state index is 0.0528. The highest BCUT2D eigenvalue weighted by Gasteiger charge is 2.35. The van der Waals surface area contributed by atoms with Crippen molar-refractivity contribution in [2.24, 2.45) is 5.92 Å². The Bertz CT molecular complexity index is 495. The van der Waals surface area contributed by atoms with Crippen molar-refractivity contribution in [1.29, 1.82) is 0 Å². The number of carboxylic acids is 1. The molecule has 154 valence electrons. The maximum Gasteiger partial charge on any atom is 0.317 e. The number of likely N-dealkylation sites (N-methyl/N-ethyl adjacent to an activating group) is 1. The first kappa shape index (κ1) is 20.4. The molecular formula is C20H36N4O3. The second-order valence-corrected chi connectivity index (χ2v) is 8.52. The number of amides is 2. The lowest BCUT2D eigenvalue weighted by Crippen LogP contribution is -2.59. The van der Waals surface area contributed by atoms with Gasteiger partial charge in [0.2, 0.25) is 0 Å². The number of rotatable bonds is 7. The molecule has 3 fully saturated rings. The summed E-state index contributed by atoms with van der Waals surface area (Å²) in [4.78, 5) is 29.9. The van der Waals surface area contributed by atoms with Gasteiger partial charge in [0, 0.05) is 44.8 Å². The summed E-state index contributed by atoms with van der Waals surface area (Å²) in [6, 6.07) is 0.520. The summed E-state index contributed by atoms with van der Waals surface area (Å²) in [7, 11) is 0. The average molecular weight is 381 g/mol. The van der Waals surface area contributed by atoms with Crippen molar-refractivity contribution in [2.45, 2.75) is 64.0 Å². The average Bonchev–Trinajstić information content (AvgIpc) is 2.64. The number of nitrogens with zero attached hydrogens (tertiary/aromatic N) is 3. The second-order valence-electron chi connectivity index (χ2n) is 8.52. The predicted octanol–water partition coefficient (Wildman–Crippen LogP) is 1.83. The van der Waals surface area contributed by atoms with E-state index in [1.54, 1.807) is 0 Å². The Kier molecular flexibility index (Phi) is 7.35. The minimum Gasteiger partial charge on any atom is -0.480 e. The lowest BCUT2D eigenvalue weighted by molar-refractivity contribution is -0.139. The molecule has 3 rings (SSSR count). The molecule has 0 spiro atoms. The van der Waals surface area contributed by atoms with Gasteiger partial charge in [-0.2, -0.15) is 0 Å². The lowest BCUT2D eigenvalue weighted by atomic mass is 9.85. The van der Waals surface area contributed by atoms with Gasteiger partial charge in [-0.1, -0.05) is 26.2 Å². The monoisotopic (exact) mass is 380 g/mol. The Morgan fingerprint density at radius 1 is 1.07 bits per heavy atom. The van der Waals surface area contributed by atoms with Gasteiger partial charge in [0.1, 0.15) is 0 Å². The molecule has 0 unspecified atom stereocenters. The first-order chi connectivity index (χ1) is 13.0. The third-order valence-electron chi connectivity index (χ3n) is 6.60. The molecule has 1 saturated heterocycles. The highest BCUT2D eigenvalue weighted by atomic mass is 16.4. The summed E-state index contributed by atoms with van der Waals surface area (Å²) in [5.74, 6) is 0.0776. The van der Waals surface area contributed by atoms with Crippen LogP contribution in [-0.2, 0) is 4.79 Å². The maximum atomic E-state index is 12.5. The number of nitrogens with one attached hydrogen (secondary N) is 1. The number of urea groups is 1. The first-order valence-corrected chi connectivity index (χ1v) is 10.8. The Hall–Kier alpha value is -1.34. The van der Waals surface area contributed by atoms with Crippen LogP contribution < -0.4 is 5.32 Å². The van der Waals surface area contributed by atoms with E-state index >= 15 is 0 Å². The van der Waals surface area contributed by atoms with E-state index in [9.17, 15) is 9.59 Å². The van der Waals surface area contributed by atoms with E-state index in [-0.39, 0.29) is 24.7 Å². The number of carboxylic acid groups (broad SMARTS) is 1. The number of carbonyl (C=O) groups is 2. The van der Waals surface area contributed by atoms with Crippen LogP contribution in [0.2, 0.25) is 0 Å². The predicted molar refractivity (Wildman–Crippen MR) is 105 cm³/mol. The fourth-order valence-electron chi connectivity index (χ4n) is 4.81. The number of piperazine rings is 1. The van der Waals surface area contributed by atoms with Crippen molar-refractivity contribution in [3.8, 4) is 0 Å². The molecule has 2 saturated carbocycles. The van der Waals surface area contributed by atoms with Gasteiger partial charge in [-0.3, -0.25) is 14.6 Å². The van der Waals surface area contributed by atoms with Gasteiger partial charge in [-0.25, -0.2) is 4.79 Å². The van der Waals surface area contributed by atoms with Crippen LogP contribution in [0, 0.1) is 5.92 Å². The van der Waals surface area contributed by atoms with Gasteiger partial charge in [0.25, 0.3) is 0 Å². The van der Waals surface area contributed by atoms with E-state index < -0.39 is 5.97 Å². The van der Waals surface area contributed by atoms with E-state index in [4.69, 9.17) is 5.11 Å². The van der Waals surface area contributed by atoms with E-state index in [0.29, 0.717) is 0 Å². The number of aliphatic carboxylic acids is 1. The summed E-state index contributed by atoms with van der Waals surface area (Å²) in [6.07, 6.45) is 8.64. The fraction of sp³-hybridized carbons (Fsp3) is 0.900. The molecule has 7 nitrogen and oxygen atoms in total. The van der Waals surface area contributed by atoms with Gasteiger partial charge in [0.05, 0.1) is 6.54 Å². The molecule has 0 radical (unpaired) electrons. The van der Waals surface area contributed by atoms with Crippen LogP contribution >= 0.6 is 0 Å². The number of hydrogen-bond donors (Lipinski definition) is 2. The quantitative estimate of drug-likeness (QED) is 0.705. The summed E-state index contributed by atoms with van der Waals surface area (Å²) in [5.41, 5.74) is 0. The van der Waals surface area contributed by atoms with Crippen molar-refractivity contribution < 1.29 is 14.7 Å². The molecule has 1 aliphatic heterocycles. The highest BCUT2D eigenvalue weighted by Crippen LogP contribution is 2.26. The van der Waals surface area contributed by atoms with Gasteiger partial charge in [0.15, 0.2) is 0 Å².